The molecule has 2 aromatic heterocycles. The van der Waals surface area contributed by atoms with Crippen LogP contribution in [0.1, 0.15) is 22.9 Å². The SMILES string of the molecule is Cc1cnc(N)c(C(N)c2ccccn2)c1. The third-order valence-electron chi connectivity index (χ3n) is 2.43. The first-order valence-corrected chi connectivity index (χ1v) is 5.07. The normalized spacial score (nSPS) is 12.4. The Balaban J connectivity index is 2.41. The first-order valence-electron chi connectivity index (χ1n) is 5.07. The average molecular weight is 214 g/mol. The molecule has 4 nitrogen and oxygen atoms in total. The van der Waals surface area contributed by atoms with E-state index in [-0.39, 0.29) is 6.04 Å². The fourth-order valence-corrected chi connectivity index (χ4v) is 1.57. The minimum atomic E-state index is -0.325. The van der Waals surface area contributed by atoms with Gasteiger partial charge in [-0.2, -0.15) is 0 Å². The summed E-state index contributed by atoms with van der Waals surface area (Å²) < 4.78 is 0. The van der Waals surface area contributed by atoms with E-state index in [4.69, 9.17) is 11.5 Å². The second-order valence-corrected chi connectivity index (χ2v) is 3.72. The van der Waals surface area contributed by atoms with Crippen LogP contribution in [0.5, 0.6) is 0 Å². The van der Waals surface area contributed by atoms with E-state index in [1.165, 1.54) is 0 Å². The van der Waals surface area contributed by atoms with E-state index in [9.17, 15) is 0 Å². The highest BCUT2D eigenvalue weighted by atomic mass is 14.9. The predicted octanol–water partition coefficient (Wildman–Crippen LogP) is 1.42. The van der Waals surface area contributed by atoms with Crippen LogP contribution in [0, 0.1) is 6.92 Å². The molecule has 1 unspecified atom stereocenters. The molecule has 0 fully saturated rings. The summed E-state index contributed by atoms with van der Waals surface area (Å²) in [5.74, 6) is 0.462. The number of nitrogen functional groups attached to an aromatic ring is 1. The molecule has 2 rings (SSSR count). The summed E-state index contributed by atoms with van der Waals surface area (Å²) in [4.78, 5) is 8.31. The van der Waals surface area contributed by atoms with E-state index in [0.717, 1.165) is 16.8 Å². The van der Waals surface area contributed by atoms with Gasteiger partial charge in [0.15, 0.2) is 0 Å². The van der Waals surface area contributed by atoms with Crippen LogP contribution in [0.15, 0.2) is 36.7 Å². The standard InChI is InChI=1S/C12H14N4/c1-8-6-9(12(14)16-7-8)11(13)10-4-2-3-5-15-10/h2-7,11H,13H2,1H3,(H2,14,16). The zero-order valence-corrected chi connectivity index (χ0v) is 9.09. The van der Waals surface area contributed by atoms with Crippen molar-refractivity contribution in [1.82, 2.24) is 9.97 Å². The van der Waals surface area contributed by atoms with Gasteiger partial charge in [0.2, 0.25) is 0 Å². The topological polar surface area (TPSA) is 77.8 Å². The van der Waals surface area contributed by atoms with Crippen LogP contribution >= 0.6 is 0 Å². The summed E-state index contributed by atoms with van der Waals surface area (Å²) in [5, 5.41) is 0. The Labute approximate surface area is 94.3 Å². The summed E-state index contributed by atoms with van der Waals surface area (Å²) in [7, 11) is 0. The first-order chi connectivity index (χ1) is 7.68. The van der Waals surface area contributed by atoms with Gasteiger partial charge in [0, 0.05) is 18.0 Å². The number of rotatable bonds is 2. The zero-order chi connectivity index (χ0) is 11.5. The molecule has 1 atom stereocenters. The molecule has 0 spiro atoms. The molecule has 2 aromatic rings. The van der Waals surface area contributed by atoms with Gasteiger partial charge < -0.3 is 11.5 Å². The van der Waals surface area contributed by atoms with Crippen molar-refractivity contribution < 1.29 is 0 Å². The van der Waals surface area contributed by atoms with Crippen LogP contribution in [0.2, 0.25) is 0 Å². The number of anilines is 1. The van der Waals surface area contributed by atoms with Crippen molar-refractivity contribution in [2.75, 3.05) is 5.73 Å². The lowest BCUT2D eigenvalue weighted by Crippen LogP contribution is -2.16. The Hall–Kier alpha value is -1.94. The maximum Gasteiger partial charge on any atom is 0.128 e. The van der Waals surface area contributed by atoms with Crippen molar-refractivity contribution in [1.29, 1.82) is 0 Å². The summed E-state index contributed by atoms with van der Waals surface area (Å²) >= 11 is 0. The minimum absolute atomic E-state index is 0.325. The number of nitrogens with zero attached hydrogens (tertiary/aromatic N) is 2. The number of hydrogen-bond donors (Lipinski definition) is 2. The quantitative estimate of drug-likeness (QED) is 0.792. The highest BCUT2D eigenvalue weighted by Gasteiger charge is 2.13. The van der Waals surface area contributed by atoms with Crippen molar-refractivity contribution in [3.8, 4) is 0 Å². The van der Waals surface area contributed by atoms with Gasteiger partial charge in [-0.25, -0.2) is 4.98 Å². The monoisotopic (exact) mass is 214 g/mol. The van der Waals surface area contributed by atoms with E-state index >= 15 is 0 Å². The van der Waals surface area contributed by atoms with Gasteiger partial charge in [-0.15, -0.1) is 0 Å². The third kappa shape index (κ3) is 2.01. The largest absolute Gasteiger partial charge is 0.383 e. The Morgan fingerprint density at radius 3 is 2.75 bits per heavy atom. The van der Waals surface area contributed by atoms with Crippen molar-refractivity contribution in [2.45, 2.75) is 13.0 Å². The molecule has 0 aliphatic rings. The second kappa shape index (κ2) is 4.28. The Morgan fingerprint density at radius 2 is 2.06 bits per heavy atom. The minimum Gasteiger partial charge on any atom is -0.383 e. The Morgan fingerprint density at radius 1 is 1.25 bits per heavy atom. The average Bonchev–Trinajstić information content (AvgIpc) is 2.32. The van der Waals surface area contributed by atoms with Crippen LogP contribution in [-0.4, -0.2) is 9.97 Å². The molecule has 0 bridgehead atoms. The lowest BCUT2D eigenvalue weighted by Gasteiger charge is -2.13. The van der Waals surface area contributed by atoms with Crippen molar-refractivity contribution >= 4 is 5.82 Å². The van der Waals surface area contributed by atoms with E-state index in [2.05, 4.69) is 9.97 Å². The van der Waals surface area contributed by atoms with Gasteiger partial charge in [-0.05, 0) is 30.7 Å². The molecule has 0 saturated heterocycles. The van der Waals surface area contributed by atoms with E-state index in [1.54, 1.807) is 12.4 Å². The van der Waals surface area contributed by atoms with E-state index < -0.39 is 0 Å². The highest BCUT2D eigenvalue weighted by molar-refractivity contribution is 5.45. The van der Waals surface area contributed by atoms with E-state index in [1.807, 2.05) is 31.2 Å². The smallest absolute Gasteiger partial charge is 0.128 e. The van der Waals surface area contributed by atoms with Gasteiger partial charge in [0.25, 0.3) is 0 Å². The molecule has 0 amide bonds. The predicted molar refractivity (Wildman–Crippen MR) is 63.7 cm³/mol. The fourth-order valence-electron chi connectivity index (χ4n) is 1.57. The number of nitrogens with two attached hydrogens (primary N) is 2. The summed E-state index contributed by atoms with van der Waals surface area (Å²) in [6, 6.07) is 7.26. The van der Waals surface area contributed by atoms with Crippen molar-refractivity contribution in [3.05, 3.63) is 53.5 Å². The molecule has 0 radical (unpaired) electrons. The first kappa shape index (κ1) is 10.6. The Bertz CT molecular complexity index is 482. The van der Waals surface area contributed by atoms with Crippen molar-refractivity contribution in [2.24, 2.45) is 5.73 Å². The molecule has 2 heterocycles. The molecule has 0 aromatic carbocycles. The summed E-state index contributed by atoms with van der Waals surface area (Å²) in [5.41, 5.74) is 14.6. The summed E-state index contributed by atoms with van der Waals surface area (Å²) in [6.45, 7) is 1.96. The summed E-state index contributed by atoms with van der Waals surface area (Å²) in [6.07, 6.45) is 3.44. The maximum absolute atomic E-state index is 6.10. The maximum atomic E-state index is 6.10. The van der Waals surface area contributed by atoms with Gasteiger partial charge in [0.1, 0.15) is 5.82 Å². The number of pyridine rings is 2. The lowest BCUT2D eigenvalue weighted by molar-refractivity contribution is 0.824. The number of aryl methyl sites for hydroxylation is 1. The molecule has 82 valence electrons. The van der Waals surface area contributed by atoms with Crippen LogP contribution < -0.4 is 11.5 Å². The Kier molecular flexibility index (Phi) is 2.83. The molecule has 0 saturated carbocycles. The fraction of sp³-hybridized carbons (Fsp3) is 0.167. The van der Waals surface area contributed by atoms with Crippen LogP contribution in [0.4, 0.5) is 5.82 Å². The molecule has 4 N–H and O–H groups in total. The van der Waals surface area contributed by atoms with Gasteiger partial charge in [-0.1, -0.05) is 6.07 Å². The molecular weight excluding hydrogens is 200 g/mol. The molecule has 4 heteroatoms. The third-order valence-corrected chi connectivity index (χ3v) is 2.43. The van der Waals surface area contributed by atoms with E-state index in [0.29, 0.717) is 5.82 Å². The van der Waals surface area contributed by atoms with Crippen molar-refractivity contribution in [3.63, 3.8) is 0 Å². The van der Waals surface area contributed by atoms with Gasteiger partial charge >= 0.3 is 0 Å². The molecule has 16 heavy (non-hydrogen) atoms. The van der Waals surface area contributed by atoms with Gasteiger partial charge in [0.05, 0.1) is 11.7 Å². The number of aromatic nitrogens is 2. The molecule has 0 aliphatic heterocycles. The molecular formula is C12H14N4. The highest BCUT2D eigenvalue weighted by Crippen LogP contribution is 2.22. The zero-order valence-electron chi connectivity index (χ0n) is 9.09. The van der Waals surface area contributed by atoms with Gasteiger partial charge in [-0.3, -0.25) is 4.98 Å². The van der Waals surface area contributed by atoms with Crippen LogP contribution in [-0.2, 0) is 0 Å². The second-order valence-electron chi connectivity index (χ2n) is 3.72. The number of hydrogen-bond acceptors (Lipinski definition) is 4. The lowest BCUT2D eigenvalue weighted by atomic mass is 10.0. The van der Waals surface area contributed by atoms with Crippen LogP contribution in [0.25, 0.3) is 0 Å². The van der Waals surface area contributed by atoms with Crippen LogP contribution in [0.3, 0.4) is 0 Å². The molecule has 0 aliphatic carbocycles.